The average molecular weight is 310 g/mol. The Morgan fingerprint density at radius 1 is 1.20 bits per heavy atom. The molecule has 1 aromatic carbocycles. The Hall–Kier alpha value is -1.62. The molecule has 6 heteroatoms. The Bertz CT molecular complexity index is 634. The molecule has 0 aliphatic heterocycles. The molecule has 4 nitrogen and oxygen atoms in total. The summed E-state index contributed by atoms with van der Waals surface area (Å²) in [4.78, 5) is 16.1. The summed E-state index contributed by atoms with van der Waals surface area (Å²) in [6.45, 7) is 0.00594. The van der Waals surface area contributed by atoms with Gasteiger partial charge in [0.1, 0.15) is 5.41 Å². The topological polar surface area (TPSA) is 82.0 Å². The van der Waals surface area contributed by atoms with Crippen molar-refractivity contribution in [3.8, 4) is 0 Å². The normalized spacial score (nSPS) is 13.8. The number of carbonyl (C=O) groups excluding carboxylic acids is 1. The number of aromatic nitrogens is 1. The molecule has 104 valence electrons. The maximum absolute atomic E-state index is 12.1. The molecule has 0 fully saturated rings. The van der Waals surface area contributed by atoms with Crippen molar-refractivity contribution in [1.82, 2.24) is 4.98 Å². The zero-order chi connectivity index (χ0) is 14.8. The van der Waals surface area contributed by atoms with Gasteiger partial charge in [0.2, 0.25) is 5.91 Å². The zero-order valence-electron chi connectivity index (χ0n) is 10.5. The minimum Gasteiger partial charge on any atom is -0.369 e. The lowest BCUT2D eigenvalue weighted by molar-refractivity contribution is -0.121. The fourth-order valence-electron chi connectivity index (χ4n) is 2.16. The Morgan fingerprint density at radius 3 is 2.45 bits per heavy atom. The van der Waals surface area contributed by atoms with Crippen molar-refractivity contribution in [2.75, 3.05) is 6.54 Å². The first-order valence-electron chi connectivity index (χ1n) is 5.88. The highest BCUT2D eigenvalue weighted by Gasteiger charge is 2.39. The first-order chi connectivity index (χ1) is 9.52. The number of primary amides is 1. The van der Waals surface area contributed by atoms with Crippen molar-refractivity contribution in [3.63, 3.8) is 0 Å². The van der Waals surface area contributed by atoms with Gasteiger partial charge in [0, 0.05) is 18.9 Å². The van der Waals surface area contributed by atoms with Crippen LogP contribution in [0.4, 0.5) is 0 Å². The van der Waals surface area contributed by atoms with Gasteiger partial charge in [-0.15, -0.1) is 0 Å². The monoisotopic (exact) mass is 309 g/mol. The molecule has 1 aromatic heterocycles. The van der Waals surface area contributed by atoms with Gasteiger partial charge in [0.15, 0.2) is 0 Å². The van der Waals surface area contributed by atoms with Crippen LogP contribution in [0.1, 0.15) is 11.1 Å². The fraction of sp³-hybridized carbons (Fsp3) is 0.143. The molecule has 0 saturated carbocycles. The van der Waals surface area contributed by atoms with Crippen molar-refractivity contribution in [3.05, 3.63) is 63.9 Å². The fourth-order valence-corrected chi connectivity index (χ4v) is 2.46. The standard InChI is InChI=1S/C14H13Cl2N3O/c15-11-4-3-9(6-12(11)16)14(8-17,13(18)20)10-2-1-5-19-7-10/h1-7H,8,17H2,(H2,18,20). The first-order valence-corrected chi connectivity index (χ1v) is 6.64. The van der Waals surface area contributed by atoms with E-state index in [9.17, 15) is 4.79 Å². The van der Waals surface area contributed by atoms with Gasteiger partial charge in [-0.05, 0) is 29.3 Å². The maximum Gasteiger partial charge on any atom is 0.233 e. The molecule has 0 spiro atoms. The lowest BCUT2D eigenvalue weighted by Gasteiger charge is -2.30. The molecule has 1 unspecified atom stereocenters. The molecule has 1 amide bonds. The molecule has 0 aliphatic rings. The van der Waals surface area contributed by atoms with E-state index in [1.54, 1.807) is 42.7 Å². The second-order valence-corrected chi connectivity index (χ2v) is 5.16. The van der Waals surface area contributed by atoms with Crippen molar-refractivity contribution < 1.29 is 4.79 Å². The summed E-state index contributed by atoms with van der Waals surface area (Å²) in [6.07, 6.45) is 3.18. The molecule has 0 radical (unpaired) electrons. The molecule has 20 heavy (non-hydrogen) atoms. The van der Waals surface area contributed by atoms with Crippen LogP contribution < -0.4 is 11.5 Å². The third-order valence-electron chi connectivity index (χ3n) is 3.29. The third-order valence-corrected chi connectivity index (χ3v) is 4.03. The molecule has 0 bridgehead atoms. The lowest BCUT2D eigenvalue weighted by Crippen LogP contribution is -2.48. The number of nitrogens with zero attached hydrogens (tertiary/aromatic N) is 1. The average Bonchev–Trinajstić information content (AvgIpc) is 2.45. The molecular formula is C14H13Cl2N3O. The van der Waals surface area contributed by atoms with Gasteiger partial charge in [-0.1, -0.05) is 35.3 Å². The van der Waals surface area contributed by atoms with E-state index in [1.165, 1.54) is 0 Å². The van der Waals surface area contributed by atoms with Gasteiger partial charge in [0.05, 0.1) is 10.0 Å². The quantitative estimate of drug-likeness (QED) is 0.907. The molecule has 0 aliphatic carbocycles. The number of hydrogen-bond acceptors (Lipinski definition) is 3. The van der Waals surface area contributed by atoms with Gasteiger partial charge in [0.25, 0.3) is 0 Å². The van der Waals surface area contributed by atoms with Gasteiger partial charge >= 0.3 is 0 Å². The van der Waals surface area contributed by atoms with E-state index >= 15 is 0 Å². The van der Waals surface area contributed by atoms with Crippen LogP contribution in [0, 0.1) is 0 Å². The van der Waals surface area contributed by atoms with Crippen LogP contribution in [0.15, 0.2) is 42.7 Å². The first kappa shape index (κ1) is 14.8. The summed E-state index contributed by atoms with van der Waals surface area (Å²) < 4.78 is 0. The minimum atomic E-state index is -1.18. The number of nitrogens with two attached hydrogens (primary N) is 2. The number of benzene rings is 1. The Morgan fingerprint density at radius 2 is 1.95 bits per heavy atom. The molecule has 2 rings (SSSR count). The van der Waals surface area contributed by atoms with Crippen molar-refractivity contribution >= 4 is 29.1 Å². The second kappa shape index (κ2) is 5.79. The third kappa shape index (κ3) is 2.38. The largest absolute Gasteiger partial charge is 0.369 e. The van der Waals surface area contributed by atoms with Gasteiger partial charge in [-0.2, -0.15) is 0 Å². The number of carbonyl (C=O) groups is 1. The molecule has 4 N–H and O–H groups in total. The van der Waals surface area contributed by atoms with E-state index < -0.39 is 11.3 Å². The molecule has 1 atom stereocenters. The second-order valence-electron chi connectivity index (χ2n) is 4.34. The Labute approximate surface area is 126 Å². The van der Waals surface area contributed by atoms with Gasteiger partial charge in [-0.25, -0.2) is 0 Å². The molecule has 1 heterocycles. The van der Waals surface area contributed by atoms with Crippen LogP contribution in [0.2, 0.25) is 10.0 Å². The van der Waals surface area contributed by atoms with Crippen LogP contribution >= 0.6 is 23.2 Å². The summed E-state index contributed by atoms with van der Waals surface area (Å²) in [5.41, 5.74) is 11.5. The van der Waals surface area contributed by atoms with E-state index in [0.29, 0.717) is 21.2 Å². The van der Waals surface area contributed by atoms with Crippen LogP contribution in [-0.2, 0) is 10.2 Å². The smallest absolute Gasteiger partial charge is 0.233 e. The van der Waals surface area contributed by atoms with Crippen LogP contribution in [0.25, 0.3) is 0 Å². The van der Waals surface area contributed by atoms with Crippen LogP contribution in [-0.4, -0.2) is 17.4 Å². The number of halogens is 2. The highest BCUT2D eigenvalue weighted by molar-refractivity contribution is 6.42. The van der Waals surface area contributed by atoms with Gasteiger partial charge < -0.3 is 11.5 Å². The Kier molecular flexibility index (Phi) is 4.28. The number of rotatable bonds is 4. The van der Waals surface area contributed by atoms with Crippen molar-refractivity contribution in [2.45, 2.75) is 5.41 Å². The summed E-state index contributed by atoms with van der Waals surface area (Å²) in [5.74, 6) is -0.564. The van der Waals surface area contributed by atoms with Crippen LogP contribution in [0.5, 0.6) is 0 Å². The number of amides is 1. The van der Waals surface area contributed by atoms with E-state index in [0.717, 1.165) is 0 Å². The van der Waals surface area contributed by atoms with E-state index in [-0.39, 0.29) is 6.54 Å². The highest BCUT2D eigenvalue weighted by Crippen LogP contribution is 2.34. The summed E-state index contributed by atoms with van der Waals surface area (Å²) in [7, 11) is 0. The highest BCUT2D eigenvalue weighted by atomic mass is 35.5. The van der Waals surface area contributed by atoms with Crippen molar-refractivity contribution in [1.29, 1.82) is 0 Å². The molecular weight excluding hydrogens is 297 g/mol. The minimum absolute atomic E-state index is 0.00594. The Balaban J connectivity index is 2.69. The SMILES string of the molecule is NCC(C(N)=O)(c1cccnc1)c1ccc(Cl)c(Cl)c1. The number of hydrogen-bond donors (Lipinski definition) is 2. The predicted molar refractivity (Wildman–Crippen MR) is 79.7 cm³/mol. The number of pyridine rings is 1. The molecule has 2 aromatic rings. The summed E-state index contributed by atoms with van der Waals surface area (Å²) in [6, 6.07) is 8.39. The summed E-state index contributed by atoms with van der Waals surface area (Å²) >= 11 is 11.9. The van der Waals surface area contributed by atoms with E-state index in [4.69, 9.17) is 34.7 Å². The van der Waals surface area contributed by atoms with Crippen LogP contribution in [0.3, 0.4) is 0 Å². The lowest BCUT2D eigenvalue weighted by atomic mass is 9.74. The predicted octanol–water partition coefficient (Wildman–Crippen LogP) is 2.12. The molecule has 0 saturated heterocycles. The summed E-state index contributed by atoms with van der Waals surface area (Å²) in [5, 5.41) is 0.740. The maximum atomic E-state index is 12.1. The van der Waals surface area contributed by atoms with E-state index in [2.05, 4.69) is 4.98 Å². The van der Waals surface area contributed by atoms with E-state index in [1.807, 2.05) is 0 Å². The zero-order valence-corrected chi connectivity index (χ0v) is 12.0. The van der Waals surface area contributed by atoms with Crippen molar-refractivity contribution in [2.24, 2.45) is 11.5 Å². The van der Waals surface area contributed by atoms with Gasteiger partial charge in [-0.3, -0.25) is 9.78 Å².